The molecule has 0 aromatic heterocycles. The summed E-state index contributed by atoms with van der Waals surface area (Å²) in [6.45, 7) is 4.69. The summed E-state index contributed by atoms with van der Waals surface area (Å²) in [5.41, 5.74) is 12.2. The highest BCUT2D eigenvalue weighted by molar-refractivity contribution is 7.80. The number of carboxylic acid groups (broad SMARTS) is 2. The van der Waals surface area contributed by atoms with Gasteiger partial charge in [-0.25, -0.2) is 4.79 Å². The number of rotatable bonds is 30. The van der Waals surface area contributed by atoms with Crippen molar-refractivity contribution in [2.75, 3.05) is 45.3 Å². The van der Waals surface area contributed by atoms with Crippen LogP contribution in [0.5, 0.6) is 0 Å². The second-order valence-corrected chi connectivity index (χ2v) is 17.1. The maximum atomic E-state index is 13.4. The third kappa shape index (κ3) is 24.5. The van der Waals surface area contributed by atoms with Gasteiger partial charge in [0.15, 0.2) is 0 Å². The molecule has 26 nitrogen and oxygen atoms in total. The zero-order valence-corrected chi connectivity index (χ0v) is 40.7. The predicted molar refractivity (Wildman–Crippen MR) is 256 cm³/mol. The Hall–Kier alpha value is -5.97. The standard InChI is InChI=1S/C41H68N12O12S.C2H4O2/c1-22(2)13-29(41(64)65)51-37(60)27(14-24-9-5-4-6-10-24)49-34(57)23(3)47-40(63)32(20-66)48-33(56)17-45-36(59)30(18-54)52-39(62)31(19-55)53-38(61)28(15-25-16-44-21-46-25)50-35(58)26(43)11-7-8-12-42;1-2(3)4/h4-6,9-10,22-23,25-32,44,46,54-55,66H,7-8,11-21,42-43H2,1-3H3,(H,45,59)(H,47,63)(H,48,56)(H,49,57)(H,50,58)(H,51,60)(H,52,62)(H,53,61)(H,64,65);1H3,(H,3,4)/t23-,25?,26-,27-,28-,29-,30-,31-,32-;/m0./s1. The smallest absolute Gasteiger partial charge is 0.326 e. The first kappa shape index (κ1) is 62.0. The molecule has 1 unspecified atom stereocenters. The molecular weight excluding hydrogens is 941 g/mol. The number of benzene rings is 1. The van der Waals surface area contributed by atoms with Crippen molar-refractivity contribution in [2.24, 2.45) is 17.4 Å². The number of carboxylic acids is 2. The summed E-state index contributed by atoms with van der Waals surface area (Å²) in [5.74, 6) is -9.30. The lowest BCUT2D eigenvalue weighted by molar-refractivity contribution is -0.142. The van der Waals surface area contributed by atoms with Crippen LogP contribution < -0.4 is 64.6 Å². The van der Waals surface area contributed by atoms with E-state index in [9.17, 15) is 58.5 Å². The van der Waals surface area contributed by atoms with E-state index in [-0.39, 0.29) is 37.0 Å². The van der Waals surface area contributed by atoms with Gasteiger partial charge in [-0.05, 0) is 50.6 Å². The molecule has 1 saturated heterocycles. The van der Waals surface area contributed by atoms with Crippen LogP contribution in [0.2, 0.25) is 0 Å². The summed E-state index contributed by atoms with van der Waals surface area (Å²) >= 11 is 4.11. The van der Waals surface area contributed by atoms with E-state index in [0.717, 1.165) is 6.92 Å². The zero-order chi connectivity index (χ0) is 52.9. The van der Waals surface area contributed by atoms with Crippen LogP contribution in [-0.4, -0.2) is 179 Å². The summed E-state index contributed by atoms with van der Waals surface area (Å²) in [4.78, 5) is 126. The number of aliphatic hydroxyl groups is 2. The minimum Gasteiger partial charge on any atom is -0.481 e. The number of hydrogen-bond acceptors (Lipinski definition) is 17. The monoisotopic (exact) mass is 1010 g/mol. The van der Waals surface area contributed by atoms with Crippen LogP contribution in [-0.2, 0) is 54.4 Å². The summed E-state index contributed by atoms with van der Waals surface area (Å²) in [6, 6.07) is -2.06. The Morgan fingerprint density at radius 1 is 0.700 bits per heavy atom. The van der Waals surface area contributed by atoms with Crippen molar-refractivity contribution < 1.29 is 68.4 Å². The molecule has 1 fully saturated rings. The Kier molecular flexibility index (Phi) is 29.7. The highest BCUT2D eigenvalue weighted by atomic mass is 32.1. The van der Waals surface area contributed by atoms with Crippen molar-refractivity contribution >= 4 is 71.8 Å². The molecule has 0 saturated carbocycles. The van der Waals surface area contributed by atoms with Crippen LogP contribution in [0.15, 0.2) is 30.3 Å². The number of carbonyl (C=O) groups excluding carboxylic acids is 8. The summed E-state index contributed by atoms with van der Waals surface area (Å²) in [7, 11) is 0. The summed E-state index contributed by atoms with van der Waals surface area (Å²) < 4.78 is 0. The van der Waals surface area contributed by atoms with Crippen LogP contribution in [0.1, 0.15) is 65.4 Å². The number of nitrogens with two attached hydrogens (primary N) is 2. The number of nitrogens with one attached hydrogen (secondary N) is 10. The molecular formula is C43H72N12O14S. The van der Waals surface area contributed by atoms with E-state index >= 15 is 0 Å². The fourth-order valence-electron chi connectivity index (χ4n) is 6.50. The highest BCUT2D eigenvalue weighted by Crippen LogP contribution is 2.09. The molecule has 8 amide bonds. The third-order valence-corrected chi connectivity index (χ3v) is 10.6. The molecule has 1 aromatic rings. The Balaban J connectivity index is 0.00000588. The van der Waals surface area contributed by atoms with Crippen LogP contribution >= 0.6 is 12.6 Å². The van der Waals surface area contributed by atoms with Crippen molar-refractivity contribution in [1.29, 1.82) is 0 Å². The second-order valence-electron chi connectivity index (χ2n) is 16.8. The Labute approximate surface area is 411 Å². The second kappa shape index (κ2) is 33.5. The molecule has 9 atom stereocenters. The minimum atomic E-state index is -1.67. The van der Waals surface area contributed by atoms with Crippen LogP contribution in [0.3, 0.4) is 0 Å². The molecule has 0 radical (unpaired) electrons. The average Bonchev–Trinajstić information content (AvgIpc) is 3.83. The molecule has 1 heterocycles. The van der Waals surface area contributed by atoms with Gasteiger partial charge in [-0.2, -0.15) is 12.6 Å². The summed E-state index contributed by atoms with van der Waals surface area (Å²) in [6.07, 6.45) is 1.79. The Bertz CT molecular complexity index is 1870. The fraction of sp³-hybridized carbons (Fsp3) is 0.628. The normalized spacial score (nSPS) is 16.4. The molecule has 394 valence electrons. The van der Waals surface area contributed by atoms with Gasteiger partial charge in [0, 0.05) is 38.4 Å². The topological polar surface area (TPSA) is 424 Å². The lowest BCUT2D eigenvalue weighted by atomic mass is 10.0. The number of carbonyl (C=O) groups is 10. The van der Waals surface area contributed by atoms with Gasteiger partial charge in [0.05, 0.1) is 25.8 Å². The van der Waals surface area contributed by atoms with Crippen LogP contribution in [0, 0.1) is 5.92 Å². The third-order valence-electron chi connectivity index (χ3n) is 10.2. The molecule has 1 aliphatic rings. The van der Waals surface area contributed by atoms with E-state index < -0.39 is 127 Å². The molecule has 1 aliphatic heterocycles. The number of hydrogen-bond donors (Lipinski definition) is 17. The quantitative estimate of drug-likeness (QED) is 0.0252. The number of aliphatic hydroxyl groups excluding tert-OH is 2. The molecule has 70 heavy (non-hydrogen) atoms. The Morgan fingerprint density at radius 3 is 1.76 bits per heavy atom. The number of amides is 8. The van der Waals surface area contributed by atoms with E-state index in [4.69, 9.17) is 21.4 Å². The average molecular weight is 1010 g/mol. The van der Waals surface area contributed by atoms with E-state index in [1.54, 1.807) is 44.2 Å². The Morgan fingerprint density at radius 2 is 1.23 bits per heavy atom. The van der Waals surface area contributed by atoms with Crippen molar-refractivity contribution in [1.82, 2.24) is 53.2 Å². The molecule has 1 aromatic carbocycles. The zero-order valence-electron chi connectivity index (χ0n) is 39.8. The van der Waals surface area contributed by atoms with Gasteiger partial charge < -0.3 is 85.1 Å². The maximum absolute atomic E-state index is 13.4. The van der Waals surface area contributed by atoms with Gasteiger partial charge in [-0.1, -0.05) is 50.6 Å². The first-order valence-corrected chi connectivity index (χ1v) is 23.3. The van der Waals surface area contributed by atoms with Crippen LogP contribution in [0.25, 0.3) is 0 Å². The number of unbranched alkanes of at least 4 members (excludes halogenated alkanes) is 1. The lowest BCUT2D eigenvalue weighted by Gasteiger charge is -2.26. The predicted octanol–water partition coefficient (Wildman–Crippen LogP) is -5.74. The van der Waals surface area contributed by atoms with Crippen molar-refractivity contribution in [3.05, 3.63) is 35.9 Å². The van der Waals surface area contributed by atoms with Gasteiger partial charge in [0.1, 0.15) is 42.3 Å². The molecule has 2 rings (SSSR count). The van der Waals surface area contributed by atoms with E-state index in [0.29, 0.717) is 44.6 Å². The first-order chi connectivity index (χ1) is 33.1. The van der Waals surface area contributed by atoms with Crippen molar-refractivity contribution in [3.8, 4) is 0 Å². The minimum absolute atomic E-state index is 0.00172. The molecule has 27 heteroatoms. The van der Waals surface area contributed by atoms with Crippen LogP contribution in [0.4, 0.5) is 0 Å². The van der Waals surface area contributed by atoms with Gasteiger partial charge in [-0.15, -0.1) is 0 Å². The fourth-order valence-corrected chi connectivity index (χ4v) is 6.76. The van der Waals surface area contributed by atoms with Gasteiger partial charge >= 0.3 is 5.97 Å². The maximum Gasteiger partial charge on any atom is 0.326 e. The first-order valence-electron chi connectivity index (χ1n) is 22.6. The molecule has 0 aliphatic carbocycles. The SMILES string of the molecule is CC(=O)O.CC(C)C[C@H](NC(=O)[C@H](Cc1ccccc1)NC(=O)[C@H](C)NC(=O)[C@H](CS)NC(=O)CNC(=O)[C@H](CO)NC(=O)[C@H](CO)NC(=O)[C@H](CC1CNCN1)NC(=O)[C@@H](N)CCCCN)C(=O)O. The lowest BCUT2D eigenvalue weighted by Crippen LogP contribution is -2.60. The molecule has 18 N–H and O–H groups in total. The number of thiol groups is 1. The van der Waals surface area contributed by atoms with Crippen molar-refractivity contribution in [3.63, 3.8) is 0 Å². The molecule has 0 bridgehead atoms. The van der Waals surface area contributed by atoms with Gasteiger partial charge in [0.25, 0.3) is 5.97 Å². The van der Waals surface area contributed by atoms with Gasteiger partial charge in [-0.3, -0.25) is 43.2 Å². The van der Waals surface area contributed by atoms with Gasteiger partial charge in [0.2, 0.25) is 47.3 Å². The van der Waals surface area contributed by atoms with E-state index in [1.807, 2.05) is 0 Å². The highest BCUT2D eigenvalue weighted by Gasteiger charge is 2.33. The summed E-state index contributed by atoms with van der Waals surface area (Å²) in [5, 5.41) is 62.3. The van der Waals surface area contributed by atoms with E-state index in [2.05, 4.69) is 65.8 Å². The van der Waals surface area contributed by atoms with Crippen molar-refractivity contribution in [2.45, 2.75) is 121 Å². The largest absolute Gasteiger partial charge is 0.481 e. The van der Waals surface area contributed by atoms with E-state index in [1.165, 1.54) is 6.92 Å². The number of aliphatic carboxylic acids is 2. The molecule has 0 spiro atoms.